The van der Waals surface area contributed by atoms with Crippen LogP contribution in [0.25, 0.3) is 0 Å². The molecule has 0 atom stereocenters. The average molecular weight is 814 g/mol. The first kappa shape index (κ1) is 40.5. The molecule has 2 heterocycles. The van der Waals surface area contributed by atoms with Crippen molar-refractivity contribution in [2.24, 2.45) is 0 Å². The van der Waals surface area contributed by atoms with Gasteiger partial charge in [0.05, 0.1) is 0 Å². The molecule has 5 aromatic carbocycles. The van der Waals surface area contributed by atoms with Crippen LogP contribution in [0.5, 0.6) is 0 Å². The predicted octanol–water partition coefficient (Wildman–Crippen LogP) is 8.58. The van der Waals surface area contributed by atoms with Crippen molar-refractivity contribution in [3.05, 3.63) is 176 Å². The molecule has 0 aliphatic carbocycles. The first-order valence-electron chi connectivity index (χ1n) is 21.0. The van der Waals surface area contributed by atoms with Gasteiger partial charge in [-0.25, -0.2) is 0 Å². The fraction of sp³-hybridized carbons (Fsp3) is 0.388. The lowest BCUT2D eigenvalue weighted by atomic mass is 9.84. The van der Waals surface area contributed by atoms with E-state index in [9.17, 15) is 0 Å². The van der Waals surface area contributed by atoms with Crippen LogP contribution < -0.4 is 21.3 Å². The lowest BCUT2D eigenvalue weighted by molar-refractivity contribution is 0.256. The van der Waals surface area contributed by atoms with Crippen molar-refractivity contribution in [2.75, 3.05) is 52.4 Å². The molecule has 56 heavy (non-hydrogen) atoms. The van der Waals surface area contributed by atoms with E-state index in [-0.39, 0.29) is 5.92 Å². The molecule has 0 unspecified atom stereocenters. The van der Waals surface area contributed by atoms with Crippen molar-refractivity contribution in [1.82, 2.24) is 31.1 Å². The van der Waals surface area contributed by atoms with Gasteiger partial charge in [-0.2, -0.15) is 0 Å². The van der Waals surface area contributed by atoms with E-state index in [1.807, 2.05) is 0 Å². The molecule has 2 aliphatic rings. The Balaban J connectivity index is 0.990. The van der Waals surface area contributed by atoms with Crippen molar-refractivity contribution < 1.29 is 0 Å². The van der Waals surface area contributed by atoms with Gasteiger partial charge >= 0.3 is 0 Å². The minimum Gasteiger partial charge on any atom is -0.313 e. The molecule has 0 aromatic heterocycles. The van der Waals surface area contributed by atoms with Crippen molar-refractivity contribution in [3.8, 4) is 0 Å². The number of hydrogen-bond acceptors (Lipinski definition) is 6. The van der Waals surface area contributed by atoms with E-state index >= 15 is 0 Å². The molecule has 0 saturated heterocycles. The third-order valence-corrected chi connectivity index (χ3v) is 11.8. The Morgan fingerprint density at radius 1 is 0.429 bits per heavy atom. The quantitative estimate of drug-likeness (QED) is 0.124. The normalized spacial score (nSPS) is 17.5. The number of rotatable bonds is 7. The summed E-state index contributed by atoms with van der Waals surface area (Å²) in [7, 11) is 0. The Morgan fingerprint density at radius 2 is 0.750 bits per heavy atom. The summed E-state index contributed by atoms with van der Waals surface area (Å²) in [5, 5.41) is 14.7. The summed E-state index contributed by atoms with van der Waals surface area (Å²) in [6.45, 7) is 14.2. The first-order valence-corrected chi connectivity index (χ1v) is 21.8. The Bertz CT molecular complexity index is 1720. The van der Waals surface area contributed by atoms with Crippen LogP contribution in [0, 0.1) is 0 Å². The van der Waals surface area contributed by atoms with Gasteiger partial charge in [0.25, 0.3) is 0 Å². The van der Waals surface area contributed by atoms with Crippen molar-refractivity contribution >= 4 is 15.9 Å². The maximum absolute atomic E-state index is 3.67. The van der Waals surface area contributed by atoms with Crippen LogP contribution in [-0.2, 0) is 39.3 Å². The summed E-state index contributed by atoms with van der Waals surface area (Å²) in [5.74, 6) is 0.170. The van der Waals surface area contributed by atoms with E-state index < -0.39 is 0 Å². The molecule has 0 saturated carbocycles. The number of halogens is 1. The number of fused-ring (bicyclic) bond motifs is 4. The van der Waals surface area contributed by atoms with Crippen LogP contribution in [0.1, 0.15) is 81.7 Å². The fourth-order valence-corrected chi connectivity index (χ4v) is 8.52. The lowest BCUT2D eigenvalue weighted by Crippen LogP contribution is -2.30. The van der Waals surface area contributed by atoms with Crippen molar-refractivity contribution in [1.29, 1.82) is 0 Å². The van der Waals surface area contributed by atoms with E-state index in [2.05, 4.69) is 168 Å². The number of nitrogens with one attached hydrogen (secondary N) is 4. The van der Waals surface area contributed by atoms with Gasteiger partial charge in [-0.3, -0.25) is 9.80 Å². The molecule has 0 fully saturated rings. The van der Waals surface area contributed by atoms with Gasteiger partial charge in [-0.05, 0) is 140 Å². The maximum atomic E-state index is 3.67. The van der Waals surface area contributed by atoms with E-state index in [4.69, 9.17) is 0 Å². The van der Waals surface area contributed by atoms with Gasteiger partial charge in [-0.15, -0.1) is 0 Å². The van der Waals surface area contributed by atoms with Gasteiger partial charge in [0.1, 0.15) is 0 Å². The van der Waals surface area contributed by atoms with Gasteiger partial charge < -0.3 is 21.3 Å². The molecule has 5 aromatic rings. The highest BCUT2D eigenvalue weighted by Gasteiger charge is 2.18. The molecule has 4 bridgehead atoms. The molecular weight excluding hydrogens is 752 g/mol. The molecule has 7 heteroatoms. The largest absolute Gasteiger partial charge is 0.313 e. The Hall–Kier alpha value is -3.66. The SMILES string of the molecule is Brc1ccc(C(c2ccc(CN3CCCNCc4cccc(c4)CNCCC3)cc2)c2ccc(CN3CCCNCc4cccc(c4)CNCCC3)cc2)cc1. The number of benzene rings is 5. The smallest absolute Gasteiger partial charge is 0.0340 e. The second kappa shape index (κ2) is 21.8. The monoisotopic (exact) mass is 812 g/mol. The third kappa shape index (κ3) is 12.7. The van der Waals surface area contributed by atoms with Gasteiger partial charge in [0, 0.05) is 49.7 Å². The molecular formula is C49H61BrN6. The molecule has 294 valence electrons. The number of nitrogens with zero attached hydrogens (tertiary/aromatic N) is 2. The minimum absolute atomic E-state index is 0.170. The van der Waals surface area contributed by atoms with Crippen molar-refractivity contribution in [2.45, 2.75) is 70.9 Å². The minimum atomic E-state index is 0.170. The molecule has 0 amide bonds. The second-order valence-electron chi connectivity index (χ2n) is 15.8. The van der Waals surface area contributed by atoms with E-state index in [0.717, 1.165) is 122 Å². The summed E-state index contributed by atoms with van der Waals surface area (Å²) in [4.78, 5) is 5.28. The van der Waals surface area contributed by atoms with Gasteiger partial charge in [0.15, 0.2) is 0 Å². The van der Waals surface area contributed by atoms with Crippen LogP contribution in [0.4, 0.5) is 0 Å². The van der Waals surface area contributed by atoms with Crippen LogP contribution in [0.3, 0.4) is 0 Å². The summed E-state index contributed by atoms with van der Waals surface area (Å²) in [5.41, 5.74) is 12.2. The van der Waals surface area contributed by atoms with Crippen LogP contribution in [0.15, 0.2) is 126 Å². The maximum Gasteiger partial charge on any atom is 0.0340 e. The summed E-state index contributed by atoms with van der Waals surface area (Å²) < 4.78 is 1.11. The van der Waals surface area contributed by atoms with Crippen LogP contribution >= 0.6 is 15.9 Å². The Labute approximate surface area is 344 Å². The summed E-state index contributed by atoms with van der Waals surface area (Å²) >= 11 is 3.67. The summed E-state index contributed by atoms with van der Waals surface area (Å²) in [6, 6.07) is 45.8. The van der Waals surface area contributed by atoms with E-state index in [1.165, 1.54) is 50.1 Å². The highest BCUT2D eigenvalue weighted by atomic mass is 79.9. The molecule has 2 aliphatic heterocycles. The zero-order chi connectivity index (χ0) is 38.2. The second-order valence-corrected chi connectivity index (χ2v) is 16.7. The van der Waals surface area contributed by atoms with Crippen LogP contribution in [-0.4, -0.2) is 62.2 Å². The number of hydrogen-bond donors (Lipinski definition) is 4. The van der Waals surface area contributed by atoms with Gasteiger partial charge in [0.2, 0.25) is 0 Å². The molecule has 0 radical (unpaired) electrons. The lowest BCUT2D eigenvalue weighted by Gasteiger charge is -2.25. The third-order valence-electron chi connectivity index (χ3n) is 11.3. The Kier molecular flexibility index (Phi) is 15.7. The standard InChI is InChI=1S/C49H61BrN6/c50-48-21-19-47(20-22-48)49(45-15-11-39(12-16-45)37-55-27-3-23-51-33-41-7-1-8-42(31-41)34-52-24-4-28-55)46-17-13-40(14-18-46)38-56-29-5-25-53-35-43-9-2-10-44(32-43)36-54-26-6-30-56/h1-2,7-22,31-32,49,51-54H,3-6,23-30,33-38H2. The zero-order valence-corrected chi connectivity index (χ0v) is 34.7. The zero-order valence-electron chi connectivity index (χ0n) is 33.1. The molecule has 6 nitrogen and oxygen atoms in total. The predicted molar refractivity (Wildman–Crippen MR) is 237 cm³/mol. The highest BCUT2D eigenvalue weighted by Crippen LogP contribution is 2.33. The Morgan fingerprint density at radius 3 is 1.09 bits per heavy atom. The van der Waals surface area contributed by atoms with E-state index in [0.29, 0.717) is 0 Å². The van der Waals surface area contributed by atoms with Crippen molar-refractivity contribution in [3.63, 3.8) is 0 Å². The molecule has 0 spiro atoms. The van der Waals surface area contributed by atoms with Crippen LogP contribution in [0.2, 0.25) is 0 Å². The summed E-state index contributed by atoms with van der Waals surface area (Å²) in [6.07, 6.45) is 4.59. The van der Waals surface area contributed by atoms with Gasteiger partial charge in [-0.1, -0.05) is 125 Å². The topological polar surface area (TPSA) is 54.6 Å². The van der Waals surface area contributed by atoms with E-state index in [1.54, 1.807) is 0 Å². The fourth-order valence-electron chi connectivity index (χ4n) is 8.26. The molecule has 4 N–H and O–H groups in total. The average Bonchev–Trinajstić information content (AvgIpc) is 3.22. The first-order chi connectivity index (χ1) is 27.6. The highest BCUT2D eigenvalue weighted by molar-refractivity contribution is 9.10. The molecule has 7 rings (SSSR count).